The highest BCUT2D eigenvalue weighted by Gasteiger charge is 2.38. The van der Waals surface area contributed by atoms with Crippen LogP contribution in [0.1, 0.15) is 25.7 Å². The van der Waals surface area contributed by atoms with Crippen molar-refractivity contribution in [2.45, 2.75) is 37.3 Å². The zero-order valence-electron chi connectivity index (χ0n) is 10.2. The van der Waals surface area contributed by atoms with Gasteiger partial charge >= 0.3 is 0 Å². The van der Waals surface area contributed by atoms with E-state index in [0.29, 0.717) is 25.5 Å². The summed E-state index contributed by atoms with van der Waals surface area (Å²) in [6.07, 6.45) is 3.40. The van der Waals surface area contributed by atoms with Gasteiger partial charge in [-0.25, -0.2) is 0 Å². The van der Waals surface area contributed by atoms with Gasteiger partial charge in [0.1, 0.15) is 0 Å². The van der Waals surface area contributed by atoms with Crippen LogP contribution in [0.4, 0.5) is 0 Å². The lowest BCUT2D eigenvalue weighted by Gasteiger charge is -2.39. The lowest BCUT2D eigenvalue weighted by Crippen LogP contribution is -2.58. The summed E-state index contributed by atoms with van der Waals surface area (Å²) in [6, 6.07) is 0.335. The second kappa shape index (κ2) is 5.61. The van der Waals surface area contributed by atoms with Crippen LogP contribution in [-0.4, -0.2) is 49.7 Å². The third kappa shape index (κ3) is 3.17. The van der Waals surface area contributed by atoms with Crippen LogP contribution in [0.25, 0.3) is 0 Å². The van der Waals surface area contributed by atoms with Gasteiger partial charge in [0.15, 0.2) is 0 Å². The van der Waals surface area contributed by atoms with Crippen molar-refractivity contribution in [1.29, 1.82) is 0 Å². The van der Waals surface area contributed by atoms with Crippen molar-refractivity contribution in [2.75, 3.05) is 27.3 Å². The number of carbonyl (C=O) groups excluding carboxylic acids is 1. The quantitative estimate of drug-likeness (QED) is 0.677. The molecule has 5 heteroatoms. The topological polar surface area (TPSA) is 81.6 Å². The highest BCUT2D eigenvalue weighted by atomic mass is 16.5. The number of nitrogens with two attached hydrogens (primary N) is 2. The summed E-state index contributed by atoms with van der Waals surface area (Å²) < 4.78 is 5.04. The van der Waals surface area contributed by atoms with Gasteiger partial charge in [-0.3, -0.25) is 4.79 Å². The largest absolute Gasteiger partial charge is 0.383 e. The number of hydrogen-bond acceptors (Lipinski definition) is 4. The number of primary amides is 1. The fourth-order valence-corrected chi connectivity index (χ4v) is 2.30. The van der Waals surface area contributed by atoms with Gasteiger partial charge in [-0.2, -0.15) is 0 Å². The minimum Gasteiger partial charge on any atom is -0.383 e. The molecule has 16 heavy (non-hydrogen) atoms. The van der Waals surface area contributed by atoms with Gasteiger partial charge in [0.05, 0.1) is 12.1 Å². The van der Waals surface area contributed by atoms with Gasteiger partial charge < -0.3 is 21.1 Å². The third-order valence-corrected chi connectivity index (χ3v) is 3.52. The molecule has 2 unspecified atom stereocenters. The van der Waals surface area contributed by atoms with Crippen molar-refractivity contribution in [2.24, 2.45) is 11.5 Å². The number of methoxy groups -OCH3 is 1. The molecule has 1 saturated carbocycles. The fraction of sp³-hybridized carbons (Fsp3) is 0.909. The molecule has 1 aliphatic carbocycles. The Labute approximate surface area is 97.1 Å². The summed E-state index contributed by atoms with van der Waals surface area (Å²) in [5.41, 5.74) is 10.6. The second-order valence-electron chi connectivity index (χ2n) is 4.74. The van der Waals surface area contributed by atoms with Crippen LogP contribution < -0.4 is 11.5 Å². The Morgan fingerprint density at radius 2 is 2.31 bits per heavy atom. The van der Waals surface area contributed by atoms with E-state index in [1.54, 1.807) is 7.11 Å². The van der Waals surface area contributed by atoms with Crippen LogP contribution >= 0.6 is 0 Å². The van der Waals surface area contributed by atoms with E-state index in [2.05, 4.69) is 4.90 Å². The molecule has 1 rings (SSSR count). The third-order valence-electron chi connectivity index (χ3n) is 3.52. The molecule has 1 fully saturated rings. The lowest BCUT2D eigenvalue weighted by molar-refractivity contribution is -0.125. The molecule has 0 heterocycles. The van der Waals surface area contributed by atoms with Crippen LogP contribution in [0.15, 0.2) is 0 Å². The van der Waals surface area contributed by atoms with E-state index in [1.165, 1.54) is 0 Å². The van der Waals surface area contributed by atoms with Crippen LogP contribution in [0.2, 0.25) is 0 Å². The summed E-state index contributed by atoms with van der Waals surface area (Å²) >= 11 is 0. The molecule has 0 aromatic rings. The molecule has 4 N–H and O–H groups in total. The van der Waals surface area contributed by atoms with Crippen LogP contribution in [0.5, 0.6) is 0 Å². The summed E-state index contributed by atoms with van der Waals surface area (Å²) in [5, 5.41) is 0. The van der Waals surface area contributed by atoms with E-state index in [1.807, 2.05) is 7.05 Å². The zero-order valence-corrected chi connectivity index (χ0v) is 10.2. The minimum absolute atomic E-state index is 0.335. The van der Waals surface area contributed by atoms with Gasteiger partial charge in [-0.05, 0) is 32.7 Å². The molecule has 0 saturated heterocycles. The predicted octanol–water partition coefficient (Wildman–Crippen LogP) is -0.310. The van der Waals surface area contributed by atoms with Crippen molar-refractivity contribution in [3.8, 4) is 0 Å². The molecule has 2 atom stereocenters. The Balaban J connectivity index is 2.53. The smallest absolute Gasteiger partial charge is 0.237 e. The summed E-state index contributed by atoms with van der Waals surface area (Å²) in [4.78, 5) is 13.5. The minimum atomic E-state index is -0.815. The number of rotatable bonds is 5. The first-order valence-corrected chi connectivity index (χ1v) is 5.77. The Hall–Kier alpha value is -0.650. The fourth-order valence-electron chi connectivity index (χ4n) is 2.30. The van der Waals surface area contributed by atoms with E-state index in [-0.39, 0.29) is 5.91 Å². The standard InChI is InChI=1S/C11H23N3O2/c1-14(6-7-16-2)9-4-3-5-11(13,8-9)10(12)15/h9H,3-8,13H2,1-2H3,(H2,12,15). The molecule has 0 bridgehead atoms. The summed E-state index contributed by atoms with van der Waals surface area (Å²) in [5.74, 6) is -0.377. The van der Waals surface area contributed by atoms with Crippen molar-refractivity contribution in [1.82, 2.24) is 4.90 Å². The van der Waals surface area contributed by atoms with Crippen molar-refractivity contribution in [3.63, 3.8) is 0 Å². The van der Waals surface area contributed by atoms with Gasteiger partial charge in [0.2, 0.25) is 5.91 Å². The molecular formula is C11H23N3O2. The van der Waals surface area contributed by atoms with Crippen molar-refractivity contribution >= 4 is 5.91 Å². The van der Waals surface area contributed by atoms with E-state index < -0.39 is 5.54 Å². The molecule has 0 aromatic carbocycles. The number of hydrogen-bond donors (Lipinski definition) is 2. The predicted molar refractivity (Wildman–Crippen MR) is 62.9 cm³/mol. The monoisotopic (exact) mass is 229 g/mol. The first-order chi connectivity index (χ1) is 7.49. The maximum atomic E-state index is 11.3. The molecule has 0 radical (unpaired) electrons. The van der Waals surface area contributed by atoms with Crippen molar-refractivity contribution in [3.05, 3.63) is 0 Å². The first kappa shape index (κ1) is 13.4. The molecule has 1 aliphatic rings. The number of amides is 1. The van der Waals surface area contributed by atoms with E-state index in [4.69, 9.17) is 16.2 Å². The average molecular weight is 229 g/mol. The van der Waals surface area contributed by atoms with Gasteiger partial charge in [-0.15, -0.1) is 0 Å². The molecule has 94 valence electrons. The molecule has 5 nitrogen and oxygen atoms in total. The van der Waals surface area contributed by atoms with Crippen LogP contribution in [-0.2, 0) is 9.53 Å². The van der Waals surface area contributed by atoms with Crippen molar-refractivity contribution < 1.29 is 9.53 Å². The molecule has 0 aromatic heterocycles. The lowest BCUT2D eigenvalue weighted by atomic mass is 9.79. The number of carbonyl (C=O) groups is 1. The highest BCUT2D eigenvalue weighted by molar-refractivity contribution is 5.84. The maximum absolute atomic E-state index is 11.3. The molecular weight excluding hydrogens is 206 g/mol. The summed E-state index contributed by atoms with van der Waals surface area (Å²) in [6.45, 7) is 1.55. The SMILES string of the molecule is COCCN(C)C1CCCC(N)(C(N)=O)C1. The molecule has 1 amide bonds. The van der Waals surface area contributed by atoms with E-state index >= 15 is 0 Å². The molecule has 0 spiro atoms. The van der Waals surface area contributed by atoms with E-state index in [0.717, 1.165) is 19.4 Å². The van der Waals surface area contributed by atoms with Crippen LogP contribution in [0.3, 0.4) is 0 Å². The van der Waals surface area contributed by atoms with Gasteiger partial charge in [0.25, 0.3) is 0 Å². The Bertz CT molecular complexity index is 247. The normalized spacial score (nSPS) is 30.6. The number of likely N-dealkylation sites (N-methyl/N-ethyl adjacent to an activating group) is 1. The van der Waals surface area contributed by atoms with Gasteiger partial charge in [-0.1, -0.05) is 0 Å². The number of ether oxygens (including phenoxy) is 1. The number of nitrogens with zero attached hydrogens (tertiary/aromatic N) is 1. The van der Waals surface area contributed by atoms with E-state index in [9.17, 15) is 4.79 Å². The second-order valence-corrected chi connectivity index (χ2v) is 4.74. The maximum Gasteiger partial charge on any atom is 0.237 e. The Morgan fingerprint density at radius 3 is 2.88 bits per heavy atom. The zero-order chi connectivity index (χ0) is 12.2. The van der Waals surface area contributed by atoms with Crippen LogP contribution in [0, 0.1) is 0 Å². The Morgan fingerprint density at radius 1 is 1.62 bits per heavy atom. The summed E-state index contributed by atoms with van der Waals surface area (Å²) in [7, 11) is 3.72. The highest BCUT2D eigenvalue weighted by Crippen LogP contribution is 2.28. The first-order valence-electron chi connectivity index (χ1n) is 5.77. The average Bonchev–Trinajstić information content (AvgIpc) is 2.25. The van der Waals surface area contributed by atoms with Gasteiger partial charge in [0, 0.05) is 19.7 Å². The Kier molecular flexibility index (Phi) is 4.70. The molecule has 0 aliphatic heterocycles.